The Hall–Kier alpha value is -4.21. The monoisotopic (exact) mass is 419 g/mol. The van der Waals surface area contributed by atoms with E-state index in [1.54, 1.807) is 38.6 Å². The maximum absolute atomic E-state index is 12.5. The van der Waals surface area contributed by atoms with Crippen molar-refractivity contribution >= 4 is 5.91 Å². The Morgan fingerprint density at radius 1 is 1.16 bits per heavy atom. The van der Waals surface area contributed by atoms with E-state index in [0.29, 0.717) is 28.7 Å². The molecule has 0 aliphatic rings. The molecule has 1 amide bonds. The number of nitrogens with one attached hydrogen (secondary N) is 2. The van der Waals surface area contributed by atoms with E-state index < -0.39 is 0 Å². The fourth-order valence-corrected chi connectivity index (χ4v) is 3.15. The van der Waals surface area contributed by atoms with E-state index in [1.165, 1.54) is 9.25 Å². The van der Waals surface area contributed by atoms with Crippen LogP contribution in [-0.4, -0.2) is 49.1 Å². The van der Waals surface area contributed by atoms with Crippen LogP contribution in [0.3, 0.4) is 0 Å². The third kappa shape index (κ3) is 4.08. The van der Waals surface area contributed by atoms with Crippen LogP contribution in [0.1, 0.15) is 10.5 Å². The first-order valence-electron chi connectivity index (χ1n) is 9.60. The van der Waals surface area contributed by atoms with Crippen LogP contribution >= 0.6 is 0 Å². The molecule has 10 nitrogen and oxygen atoms in total. The van der Waals surface area contributed by atoms with Gasteiger partial charge in [0.15, 0.2) is 5.82 Å². The van der Waals surface area contributed by atoms with Gasteiger partial charge in [-0.1, -0.05) is 18.2 Å². The van der Waals surface area contributed by atoms with Crippen molar-refractivity contribution in [2.75, 3.05) is 13.7 Å². The lowest BCUT2D eigenvalue weighted by atomic mass is 10.1. The molecular weight excluding hydrogens is 398 g/mol. The van der Waals surface area contributed by atoms with E-state index in [9.17, 15) is 9.59 Å². The van der Waals surface area contributed by atoms with E-state index in [2.05, 4.69) is 25.6 Å². The second-order valence-electron chi connectivity index (χ2n) is 6.73. The average Bonchev–Trinajstić information content (AvgIpc) is 3.41. The number of ether oxygens (including phenoxy) is 1. The number of carbonyl (C=O) groups is 1. The van der Waals surface area contributed by atoms with Gasteiger partial charge in [-0.3, -0.25) is 19.4 Å². The van der Waals surface area contributed by atoms with Gasteiger partial charge in [0.1, 0.15) is 17.1 Å². The molecule has 0 unspecified atom stereocenters. The molecule has 2 N–H and O–H groups in total. The van der Waals surface area contributed by atoms with Crippen molar-refractivity contribution in [3.8, 4) is 28.5 Å². The minimum Gasteiger partial charge on any atom is -0.496 e. The number of rotatable bonds is 7. The van der Waals surface area contributed by atoms with E-state index in [-0.39, 0.29) is 24.7 Å². The van der Waals surface area contributed by atoms with Crippen LogP contribution < -0.4 is 15.7 Å². The smallest absolute Gasteiger partial charge is 0.346 e. The van der Waals surface area contributed by atoms with Gasteiger partial charge in [0.25, 0.3) is 5.91 Å². The number of benzene rings is 1. The molecule has 4 aromatic rings. The summed E-state index contributed by atoms with van der Waals surface area (Å²) in [6, 6.07) is 14.5. The Balaban J connectivity index is 1.42. The quantitative estimate of drug-likeness (QED) is 0.468. The zero-order chi connectivity index (χ0) is 21.8. The first kappa shape index (κ1) is 20.1. The number of nitrogens with zero attached hydrogens (tertiary/aromatic N) is 5. The van der Waals surface area contributed by atoms with Crippen LogP contribution in [0.5, 0.6) is 5.75 Å². The molecule has 0 radical (unpaired) electrons. The maximum Gasteiger partial charge on any atom is 0.346 e. The Morgan fingerprint density at radius 3 is 2.74 bits per heavy atom. The van der Waals surface area contributed by atoms with Gasteiger partial charge in [0, 0.05) is 25.4 Å². The van der Waals surface area contributed by atoms with Crippen LogP contribution in [0.25, 0.3) is 22.8 Å². The minimum atomic E-state index is -0.331. The van der Waals surface area contributed by atoms with Crippen LogP contribution in [-0.2, 0) is 13.6 Å². The van der Waals surface area contributed by atoms with Crippen LogP contribution in [0.15, 0.2) is 59.5 Å². The number of aromatic nitrogens is 6. The summed E-state index contributed by atoms with van der Waals surface area (Å²) < 4.78 is 8.07. The third-order valence-electron chi connectivity index (χ3n) is 4.75. The Labute approximate surface area is 177 Å². The van der Waals surface area contributed by atoms with Gasteiger partial charge in [-0.2, -0.15) is 5.10 Å². The molecule has 0 atom stereocenters. The molecule has 0 aliphatic carbocycles. The first-order chi connectivity index (χ1) is 15.1. The number of carbonyl (C=O) groups excluding carboxylic acids is 1. The van der Waals surface area contributed by atoms with Gasteiger partial charge >= 0.3 is 5.69 Å². The Kier molecular flexibility index (Phi) is 5.61. The molecular formula is C21H21N7O3. The van der Waals surface area contributed by atoms with Gasteiger partial charge in [0.2, 0.25) is 0 Å². The van der Waals surface area contributed by atoms with Crippen molar-refractivity contribution in [1.82, 2.24) is 34.8 Å². The predicted octanol–water partition coefficient (Wildman–Crippen LogP) is 1.47. The summed E-state index contributed by atoms with van der Waals surface area (Å²) in [6.07, 6.45) is 1.64. The topological polar surface area (TPSA) is 120 Å². The highest BCUT2D eigenvalue weighted by Crippen LogP contribution is 2.28. The third-order valence-corrected chi connectivity index (χ3v) is 4.75. The Morgan fingerprint density at radius 2 is 1.97 bits per heavy atom. The fourth-order valence-electron chi connectivity index (χ4n) is 3.15. The summed E-state index contributed by atoms with van der Waals surface area (Å²) in [7, 11) is 3.22. The molecule has 31 heavy (non-hydrogen) atoms. The highest BCUT2D eigenvalue weighted by molar-refractivity contribution is 5.93. The molecule has 0 spiro atoms. The molecule has 4 rings (SSSR count). The van der Waals surface area contributed by atoms with Crippen molar-refractivity contribution in [3.63, 3.8) is 0 Å². The van der Waals surface area contributed by atoms with E-state index in [0.717, 1.165) is 5.56 Å². The number of hydrogen-bond acceptors (Lipinski definition) is 6. The summed E-state index contributed by atoms with van der Waals surface area (Å²) in [6.45, 7) is 0.444. The highest BCUT2D eigenvalue weighted by Gasteiger charge is 2.15. The lowest BCUT2D eigenvalue weighted by Crippen LogP contribution is -2.31. The highest BCUT2D eigenvalue weighted by atomic mass is 16.5. The lowest BCUT2D eigenvalue weighted by Gasteiger charge is -2.04. The molecule has 0 saturated heterocycles. The first-order valence-corrected chi connectivity index (χ1v) is 9.60. The van der Waals surface area contributed by atoms with Crippen LogP contribution in [0.4, 0.5) is 0 Å². The number of hydrogen-bond donors (Lipinski definition) is 2. The molecule has 3 heterocycles. The van der Waals surface area contributed by atoms with Crippen molar-refractivity contribution in [3.05, 3.63) is 70.9 Å². The maximum atomic E-state index is 12.5. The Bertz CT molecular complexity index is 1260. The SMILES string of the molecule is COc1ccccc1-c1cc(C(=O)NCCn2nc(-c3ccccn3)n(C)c2=O)[nH]n1. The van der Waals surface area contributed by atoms with Gasteiger partial charge in [-0.05, 0) is 30.3 Å². The molecule has 0 saturated carbocycles. The normalized spacial score (nSPS) is 10.8. The zero-order valence-corrected chi connectivity index (χ0v) is 17.1. The summed E-state index contributed by atoms with van der Waals surface area (Å²) in [5, 5.41) is 14.0. The standard InChI is InChI=1S/C21H21N7O3/c1-27-19(15-8-5-6-10-22-15)26-28(21(27)30)12-11-23-20(29)17-13-16(24-25-17)14-7-3-4-9-18(14)31-2/h3-10,13H,11-12H2,1-2H3,(H,23,29)(H,24,25). The molecule has 158 valence electrons. The number of pyridine rings is 1. The summed E-state index contributed by atoms with van der Waals surface area (Å²) in [4.78, 5) is 29.1. The van der Waals surface area contributed by atoms with Crippen molar-refractivity contribution in [2.45, 2.75) is 6.54 Å². The average molecular weight is 419 g/mol. The minimum absolute atomic E-state index is 0.221. The van der Waals surface area contributed by atoms with Gasteiger partial charge < -0.3 is 10.1 Å². The van der Waals surface area contributed by atoms with Crippen molar-refractivity contribution in [2.24, 2.45) is 7.05 Å². The van der Waals surface area contributed by atoms with Crippen molar-refractivity contribution in [1.29, 1.82) is 0 Å². The van der Waals surface area contributed by atoms with Gasteiger partial charge in [-0.25, -0.2) is 9.48 Å². The van der Waals surface area contributed by atoms with E-state index >= 15 is 0 Å². The zero-order valence-electron chi connectivity index (χ0n) is 17.1. The number of methoxy groups -OCH3 is 1. The molecule has 1 aromatic carbocycles. The molecule has 3 aromatic heterocycles. The summed E-state index contributed by atoms with van der Waals surface area (Å²) >= 11 is 0. The largest absolute Gasteiger partial charge is 0.496 e. The van der Waals surface area contributed by atoms with Gasteiger partial charge in [-0.15, -0.1) is 5.10 Å². The fraction of sp³-hybridized carbons (Fsp3) is 0.190. The molecule has 10 heteroatoms. The molecule has 0 aliphatic heterocycles. The number of amides is 1. The number of aromatic amines is 1. The number of H-pyrrole nitrogens is 1. The van der Waals surface area contributed by atoms with E-state index in [4.69, 9.17) is 4.74 Å². The van der Waals surface area contributed by atoms with Crippen LogP contribution in [0, 0.1) is 0 Å². The van der Waals surface area contributed by atoms with Crippen molar-refractivity contribution < 1.29 is 9.53 Å². The lowest BCUT2D eigenvalue weighted by molar-refractivity contribution is 0.0946. The molecule has 0 bridgehead atoms. The van der Waals surface area contributed by atoms with Gasteiger partial charge in [0.05, 0.1) is 19.3 Å². The van der Waals surface area contributed by atoms with Crippen LogP contribution in [0.2, 0.25) is 0 Å². The second kappa shape index (κ2) is 8.66. The second-order valence-corrected chi connectivity index (χ2v) is 6.73. The number of para-hydroxylation sites is 1. The van der Waals surface area contributed by atoms with E-state index in [1.807, 2.05) is 30.3 Å². The predicted molar refractivity (Wildman–Crippen MR) is 114 cm³/mol. The summed E-state index contributed by atoms with van der Waals surface area (Å²) in [5.41, 5.74) is 2.01. The molecule has 0 fully saturated rings. The summed E-state index contributed by atoms with van der Waals surface area (Å²) in [5.74, 6) is 0.800.